The van der Waals surface area contributed by atoms with Gasteiger partial charge in [0.1, 0.15) is 12.1 Å². The molecule has 2 aromatic rings. The number of nitrogens with zero attached hydrogens (tertiary/aromatic N) is 4. The van der Waals surface area contributed by atoms with Crippen molar-refractivity contribution < 1.29 is 4.79 Å². The summed E-state index contributed by atoms with van der Waals surface area (Å²) in [5.41, 5.74) is 9.24. The van der Waals surface area contributed by atoms with E-state index in [1.807, 2.05) is 54.8 Å². The summed E-state index contributed by atoms with van der Waals surface area (Å²) in [5, 5.41) is 1.08. The van der Waals surface area contributed by atoms with Crippen molar-refractivity contribution in [2.24, 2.45) is 5.73 Å². The fraction of sp³-hybridized carbons (Fsp3) is 0.522. The zero-order valence-electron chi connectivity index (χ0n) is 18.3. The highest BCUT2D eigenvalue weighted by Gasteiger charge is 2.34. The van der Waals surface area contributed by atoms with Crippen molar-refractivity contribution in [3.8, 4) is 0 Å². The molecule has 0 unspecified atom stereocenters. The summed E-state index contributed by atoms with van der Waals surface area (Å²) in [7, 11) is 0. The van der Waals surface area contributed by atoms with Gasteiger partial charge in [-0.25, -0.2) is 9.97 Å². The second-order valence-corrected chi connectivity index (χ2v) is 10.9. The lowest BCUT2D eigenvalue weighted by molar-refractivity contribution is -0.133. The van der Waals surface area contributed by atoms with Crippen LogP contribution in [0.5, 0.6) is 0 Å². The number of aromatic nitrogens is 2. The van der Waals surface area contributed by atoms with E-state index in [4.69, 9.17) is 17.3 Å². The summed E-state index contributed by atoms with van der Waals surface area (Å²) in [6.45, 7) is 9.04. The van der Waals surface area contributed by atoms with Crippen molar-refractivity contribution in [3.05, 3.63) is 52.4 Å². The van der Waals surface area contributed by atoms with Gasteiger partial charge in [0.2, 0.25) is 5.91 Å². The Morgan fingerprint density at radius 1 is 1.23 bits per heavy atom. The Kier molecular flexibility index (Phi) is 6.47. The van der Waals surface area contributed by atoms with Crippen molar-refractivity contribution in [1.29, 1.82) is 0 Å². The van der Waals surface area contributed by atoms with Gasteiger partial charge in [-0.05, 0) is 44.9 Å². The van der Waals surface area contributed by atoms with Crippen LogP contribution in [-0.2, 0) is 10.5 Å². The first kappa shape index (κ1) is 22.4. The van der Waals surface area contributed by atoms with Gasteiger partial charge in [0.25, 0.3) is 0 Å². The Hall–Kier alpha value is -1.83. The van der Waals surface area contributed by atoms with Crippen molar-refractivity contribution in [2.75, 3.05) is 31.1 Å². The van der Waals surface area contributed by atoms with Gasteiger partial charge in [-0.1, -0.05) is 23.7 Å². The molecule has 0 aliphatic carbocycles. The largest absolute Gasteiger partial charge is 0.353 e. The van der Waals surface area contributed by atoms with E-state index in [-0.39, 0.29) is 11.8 Å². The standard InChI is InChI=1S/C23H30ClN5OS/c1-15-20-19(13-31-15)26-14-27-21(20)28-8-10-29(11-9-28)22(30)18(12-23(2,3)25)16-4-6-17(24)7-5-16/h4-7,14-15,18H,8-13,25H2,1-3H3/t15-,18+/m0/s1. The molecule has 2 aliphatic rings. The van der Waals surface area contributed by atoms with Crippen molar-refractivity contribution in [2.45, 2.75) is 49.7 Å². The van der Waals surface area contributed by atoms with Crippen LogP contribution in [0.2, 0.25) is 5.02 Å². The molecule has 0 bridgehead atoms. The Bertz CT molecular complexity index is 938. The summed E-state index contributed by atoms with van der Waals surface area (Å²) in [6, 6.07) is 7.56. The highest BCUT2D eigenvalue weighted by Crippen LogP contribution is 2.44. The molecule has 4 rings (SSSR count). The fourth-order valence-electron chi connectivity index (χ4n) is 4.42. The molecule has 2 N–H and O–H groups in total. The number of carbonyl (C=O) groups is 1. The molecular weight excluding hydrogens is 430 g/mol. The average Bonchev–Trinajstić information content (AvgIpc) is 3.13. The fourth-order valence-corrected chi connectivity index (χ4v) is 5.59. The van der Waals surface area contributed by atoms with Crippen LogP contribution in [0.15, 0.2) is 30.6 Å². The van der Waals surface area contributed by atoms with Crippen LogP contribution in [-0.4, -0.2) is 52.5 Å². The number of benzene rings is 1. The predicted octanol–water partition coefficient (Wildman–Crippen LogP) is 4.00. The van der Waals surface area contributed by atoms with E-state index in [0.29, 0.717) is 29.8 Å². The lowest BCUT2D eigenvalue weighted by atomic mass is 9.85. The van der Waals surface area contributed by atoms with Gasteiger partial charge in [0.05, 0.1) is 11.6 Å². The highest BCUT2D eigenvalue weighted by molar-refractivity contribution is 7.99. The normalized spacial score (nSPS) is 20.0. The SMILES string of the molecule is C[C@@H]1SCc2ncnc(N3CCN(C(=O)[C@H](CC(C)(C)N)c4ccc(Cl)cc4)CC3)c21. The Labute approximate surface area is 193 Å². The molecule has 1 amide bonds. The van der Waals surface area contributed by atoms with Gasteiger partial charge in [0, 0.05) is 53.3 Å². The number of rotatable bonds is 5. The molecule has 3 heterocycles. The zero-order valence-corrected chi connectivity index (χ0v) is 19.9. The molecule has 6 nitrogen and oxygen atoms in total. The van der Waals surface area contributed by atoms with Gasteiger partial charge < -0.3 is 15.5 Å². The number of halogens is 1. The minimum Gasteiger partial charge on any atom is -0.353 e. The van der Waals surface area contributed by atoms with Gasteiger partial charge in [-0.2, -0.15) is 0 Å². The van der Waals surface area contributed by atoms with Crippen LogP contribution in [0.25, 0.3) is 0 Å². The number of hydrogen-bond donors (Lipinski definition) is 1. The lowest BCUT2D eigenvalue weighted by Crippen LogP contribution is -2.51. The predicted molar refractivity (Wildman–Crippen MR) is 128 cm³/mol. The Balaban J connectivity index is 1.49. The van der Waals surface area contributed by atoms with E-state index >= 15 is 0 Å². The maximum absolute atomic E-state index is 13.5. The number of piperazine rings is 1. The van der Waals surface area contributed by atoms with Crippen LogP contribution in [0.4, 0.5) is 5.82 Å². The average molecular weight is 460 g/mol. The molecule has 1 fully saturated rings. The quantitative estimate of drug-likeness (QED) is 0.728. The number of thioether (sulfide) groups is 1. The number of anilines is 1. The zero-order chi connectivity index (χ0) is 22.2. The molecule has 31 heavy (non-hydrogen) atoms. The molecule has 1 aromatic carbocycles. The van der Waals surface area contributed by atoms with E-state index in [1.54, 1.807) is 6.33 Å². The summed E-state index contributed by atoms with van der Waals surface area (Å²) < 4.78 is 0. The van der Waals surface area contributed by atoms with E-state index in [1.165, 1.54) is 5.56 Å². The van der Waals surface area contributed by atoms with Crippen LogP contribution in [0.1, 0.15) is 55.2 Å². The minimum absolute atomic E-state index is 0.136. The third-order valence-corrected chi connectivity index (χ3v) is 7.44. The van der Waals surface area contributed by atoms with Crippen LogP contribution in [0, 0.1) is 0 Å². The molecule has 0 radical (unpaired) electrons. The van der Waals surface area contributed by atoms with Gasteiger partial charge >= 0.3 is 0 Å². The summed E-state index contributed by atoms with van der Waals surface area (Å²) in [5.74, 6) is 1.84. The first-order chi connectivity index (χ1) is 14.7. The molecule has 8 heteroatoms. The highest BCUT2D eigenvalue weighted by atomic mass is 35.5. The van der Waals surface area contributed by atoms with Crippen LogP contribution >= 0.6 is 23.4 Å². The maximum Gasteiger partial charge on any atom is 0.230 e. The van der Waals surface area contributed by atoms with E-state index in [0.717, 1.165) is 35.9 Å². The molecule has 2 atom stereocenters. The second-order valence-electron chi connectivity index (χ2n) is 9.12. The Morgan fingerprint density at radius 2 is 1.90 bits per heavy atom. The van der Waals surface area contributed by atoms with Gasteiger partial charge in [0.15, 0.2) is 0 Å². The molecule has 0 saturated carbocycles. The topological polar surface area (TPSA) is 75.4 Å². The summed E-state index contributed by atoms with van der Waals surface area (Å²) in [6.07, 6.45) is 2.26. The number of hydrogen-bond acceptors (Lipinski definition) is 6. The smallest absolute Gasteiger partial charge is 0.230 e. The number of amides is 1. The van der Waals surface area contributed by atoms with Gasteiger partial charge in [-0.3, -0.25) is 4.79 Å². The number of fused-ring (bicyclic) bond motifs is 1. The maximum atomic E-state index is 13.5. The van der Waals surface area contributed by atoms with Crippen molar-refractivity contribution in [3.63, 3.8) is 0 Å². The molecule has 2 aliphatic heterocycles. The first-order valence-corrected chi connectivity index (χ1v) is 12.2. The third-order valence-electron chi connectivity index (χ3n) is 6.01. The van der Waals surface area contributed by atoms with Gasteiger partial charge in [-0.15, -0.1) is 11.8 Å². The third kappa shape index (κ3) is 4.99. The van der Waals surface area contributed by atoms with Crippen LogP contribution in [0.3, 0.4) is 0 Å². The van der Waals surface area contributed by atoms with E-state index in [2.05, 4.69) is 21.8 Å². The second kappa shape index (κ2) is 8.96. The summed E-state index contributed by atoms with van der Waals surface area (Å²) >= 11 is 7.97. The Morgan fingerprint density at radius 3 is 2.55 bits per heavy atom. The first-order valence-electron chi connectivity index (χ1n) is 10.8. The molecular formula is C23H30ClN5OS. The van der Waals surface area contributed by atoms with E-state index in [9.17, 15) is 4.79 Å². The molecule has 1 aromatic heterocycles. The molecule has 1 saturated heterocycles. The monoisotopic (exact) mass is 459 g/mol. The minimum atomic E-state index is -0.447. The van der Waals surface area contributed by atoms with Crippen LogP contribution < -0.4 is 10.6 Å². The summed E-state index contributed by atoms with van der Waals surface area (Å²) in [4.78, 5) is 26.9. The number of nitrogens with two attached hydrogens (primary N) is 1. The van der Waals surface area contributed by atoms with Crippen molar-refractivity contribution in [1.82, 2.24) is 14.9 Å². The lowest BCUT2D eigenvalue weighted by Gasteiger charge is -2.38. The van der Waals surface area contributed by atoms with Crippen molar-refractivity contribution >= 4 is 35.1 Å². The number of carbonyl (C=O) groups excluding carboxylic acids is 1. The van der Waals surface area contributed by atoms with E-state index < -0.39 is 5.54 Å². The molecule has 0 spiro atoms. The molecule has 166 valence electrons.